The van der Waals surface area contributed by atoms with Crippen molar-refractivity contribution in [3.8, 4) is 0 Å². The lowest BCUT2D eigenvalue weighted by Crippen LogP contribution is -2.52. The molecule has 2 aliphatic heterocycles. The summed E-state index contributed by atoms with van der Waals surface area (Å²) in [5.41, 5.74) is 7.82. The third-order valence-electron chi connectivity index (χ3n) is 3.59. The minimum Gasteiger partial charge on any atom is -0.398 e. The summed E-state index contributed by atoms with van der Waals surface area (Å²) in [5.74, 6) is -0.606. The van der Waals surface area contributed by atoms with Crippen LogP contribution in [0.2, 0.25) is 0 Å². The Balaban J connectivity index is 2.08. The van der Waals surface area contributed by atoms with Crippen molar-refractivity contribution >= 4 is 39.1 Å². The molecule has 2 amide bonds. The Hall–Kier alpha value is -1.40. The van der Waals surface area contributed by atoms with Crippen LogP contribution in [-0.4, -0.2) is 24.0 Å². The molecule has 2 atom stereocenters. The van der Waals surface area contributed by atoms with Crippen LogP contribution in [0.1, 0.15) is 18.4 Å². The van der Waals surface area contributed by atoms with Crippen molar-refractivity contribution < 1.29 is 14.3 Å². The predicted molar refractivity (Wildman–Crippen MR) is 73.7 cm³/mol. The molecule has 2 saturated heterocycles. The molecule has 0 saturated carbocycles. The molecule has 2 bridgehead atoms. The number of ether oxygens (including phenoxy) is 1. The topological polar surface area (TPSA) is 72.6 Å². The summed E-state index contributed by atoms with van der Waals surface area (Å²) in [6.07, 6.45) is 0.198. The number of benzene rings is 1. The van der Waals surface area contributed by atoms with Crippen molar-refractivity contribution in [3.05, 3.63) is 22.2 Å². The molecular weight excluding hydrogens is 312 g/mol. The molecule has 100 valence electrons. The molecule has 2 fully saturated rings. The molecule has 2 N–H and O–H groups in total. The first-order valence-electron chi connectivity index (χ1n) is 6.08. The predicted octanol–water partition coefficient (Wildman–Crippen LogP) is 1.76. The Kier molecular flexibility index (Phi) is 2.87. The van der Waals surface area contributed by atoms with Crippen LogP contribution in [0.3, 0.4) is 0 Å². The molecule has 0 spiro atoms. The highest BCUT2D eigenvalue weighted by Crippen LogP contribution is 2.37. The fourth-order valence-electron chi connectivity index (χ4n) is 2.48. The molecule has 2 heterocycles. The molecule has 6 heteroatoms. The van der Waals surface area contributed by atoms with E-state index in [1.165, 1.54) is 4.90 Å². The minimum absolute atomic E-state index is 0.303. The third kappa shape index (κ3) is 1.86. The van der Waals surface area contributed by atoms with E-state index in [0.717, 1.165) is 5.56 Å². The van der Waals surface area contributed by atoms with Gasteiger partial charge < -0.3 is 10.5 Å². The number of nitrogen functional groups attached to an aromatic ring is 1. The number of nitrogens with two attached hydrogens (primary N) is 1. The second-order valence-corrected chi connectivity index (χ2v) is 5.72. The first-order chi connectivity index (χ1) is 8.99. The van der Waals surface area contributed by atoms with Crippen LogP contribution < -0.4 is 10.6 Å². The van der Waals surface area contributed by atoms with Gasteiger partial charge in [0.05, 0.1) is 5.69 Å². The van der Waals surface area contributed by atoms with Gasteiger partial charge in [-0.1, -0.05) is 0 Å². The number of amides is 2. The number of halogens is 1. The van der Waals surface area contributed by atoms with Crippen molar-refractivity contribution in [1.82, 2.24) is 0 Å². The van der Waals surface area contributed by atoms with Gasteiger partial charge in [-0.25, -0.2) is 4.90 Å². The molecule has 3 rings (SSSR count). The summed E-state index contributed by atoms with van der Waals surface area (Å²) in [4.78, 5) is 25.7. The zero-order chi connectivity index (χ0) is 13.7. The van der Waals surface area contributed by atoms with Gasteiger partial charge in [0.15, 0.2) is 0 Å². The van der Waals surface area contributed by atoms with Gasteiger partial charge in [0.1, 0.15) is 12.2 Å². The first kappa shape index (κ1) is 12.6. The zero-order valence-corrected chi connectivity index (χ0v) is 11.9. The van der Waals surface area contributed by atoms with Crippen LogP contribution in [0, 0.1) is 6.92 Å². The van der Waals surface area contributed by atoms with E-state index >= 15 is 0 Å². The van der Waals surface area contributed by atoms with E-state index in [0.29, 0.717) is 28.7 Å². The lowest BCUT2D eigenvalue weighted by Gasteiger charge is -2.30. The highest BCUT2D eigenvalue weighted by molar-refractivity contribution is 9.10. The quantitative estimate of drug-likeness (QED) is 0.631. The summed E-state index contributed by atoms with van der Waals surface area (Å²) < 4.78 is 6.06. The number of nitrogens with zero attached hydrogens (tertiary/aromatic N) is 1. The van der Waals surface area contributed by atoms with E-state index in [2.05, 4.69) is 15.9 Å². The minimum atomic E-state index is -0.503. The Morgan fingerprint density at radius 2 is 1.84 bits per heavy atom. The standard InChI is InChI=1S/C13H13BrN2O3/c1-6-4-7(14)9(5-8(6)15)16-12(17)10-2-3-11(19-10)13(16)18/h4-5,10-11H,2-3,15H2,1H3. The Labute approximate surface area is 118 Å². The molecule has 5 nitrogen and oxygen atoms in total. The molecule has 1 aromatic carbocycles. The molecule has 0 aromatic heterocycles. The van der Waals surface area contributed by atoms with Gasteiger partial charge in [0.2, 0.25) is 0 Å². The summed E-state index contributed by atoms with van der Waals surface area (Å²) in [5, 5.41) is 0. The summed E-state index contributed by atoms with van der Waals surface area (Å²) in [6.45, 7) is 1.87. The number of hydrogen-bond acceptors (Lipinski definition) is 4. The molecule has 1 aromatic rings. The summed E-state index contributed by atoms with van der Waals surface area (Å²) in [6, 6.07) is 3.46. The van der Waals surface area contributed by atoms with Crippen LogP contribution >= 0.6 is 15.9 Å². The van der Waals surface area contributed by atoms with Crippen LogP contribution in [0.5, 0.6) is 0 Å². The molecule has 19 heavy (non-hydrogen) atoms. The van der Waals surface area contributed by atoms with E-state index in [1.807, 2.05) is 13.0 Å². The van der Waals surface area contributed by atoms with Crippen molar-refractivity contribution in [3.63, 3.8) is 0 Å². The Morgan fingerprint density at radius 3 is 2.42 bits per heavy atom. The number of hydrogen-bond donors (Lipinski definition) is 1. The van der Waals surface area contributed by atoms with Gasteiger partial charge in [0.25, 0.3) is 11.8 Å². The number of aryl methyl sites for hydroxylation is 1. The highest BCUT2D eigenvalue weighted by atomic mass is 79.9. The monoisotopic (exact) mass is 324 g/mol. The fraction of sp³-hybridized carbons (Fsp3) is 0.385. The smallest absolute Gasteiger partial charge is 0.263 e. The van der Waals surface area contributed by atoms with E-state index in [9.17, 15) is 9.59 Å². The van der Waals surface area contributed by atoms with E-state index in [1.54, 1.807) is 6.07 Å². The van der Waals surface area contributed by atoms with Gasteiger partial charge in [-0.05, 0) is 53.4 Å². The van der Waals surface area contributed by atoms with Crippen LogP contribution in [0.4, 0.5) is 11.4 Å². The zero-order valence-electron chi connectivity index (χ0n) is 10.4. The number of imide groups is 1. The lowest BCUT2D eigenvalue weighted by atomic mass is 10.1. The number of anilines is 2. The summed E-state index contributed by atoms with van der Waals surface area (Å²) in [7, 11) is 0. The average molecular weight is 325 g/mol. The molecule has 2 unspecified atom stereocenters. The van der Waals surface area contributed by atoms with E-state index < -0.39 is 12.2 Å². The van der Waals surface area contributed by atoms with Gasteiger partial charge in [-0.15, -0.1) is 0 Å². The van der Waals surface area contributed by atoms with Crippen molar-refractivity contribution in [2.45, 2.75) is 32.0 Å². The lowest BCUT2D eigenvalue weighted by molar-refractivity contribution is -0.146. The average Bonchev–Trinajstić information content (AvgIpc) is 2.80. The van der Waals surface area contributed by atoms with Crippen molar-refractivity contribution in [2.75, 3.05) is 10.6 Å². The van der Waals surface area contributed by atoms with Crippen LogP contribution in [0.25, 0.3) is 0 Å². The van der Waals surface area contributed by atoms with Crippen molar-refractivity contribution in [2.24, 2.45) is 0 Å². The van der Waals surface area contributed by atoms with Crippen molar-refractivity contribution in [1.29, 1.82) is 0 Å². The summed E-state index contributed by atoms with van der Waals surface area (Å²) >= 11 is 3.39. The largest absolute Gasteiger partial charge is 0.398 e. The first-order valence-corrected chi connectivity index (χ1v) is 6.87. The van der Waals surface area contributed by atoms with Gasteiger partial charge in [-0.2, -0.15) is 0 Å². The van der Waals surface area contributed by atoms with Gasteiger partial charge >= 0.3 is 0 Å². The van der Waals surface area contributed by atoms with Crippen LogP contribution in [-0.2, 0) is 14.3 Å². The maximum absolute atomic E-state index is 12.3. The highest BCUT2D eigenvalue weighted by Gasteiger charge is 2.47. The second kappa shape index (κ2) is 4.31. The number of fused-ring (bicyclic) bond motifs is 2. The van der Waals surface area contributed by atoms with Gasteiger partial charge in [0, 0.05) is 10.2 Å². The maximum atomic E-state index is 12.3. The second-order valence-electron chi connectivity index (χ2n) is 4.86. The number of rotatable bonds is 1. The fourth-order valence-corrected chi connectivity index (χ4v) is 3.12. The Morgan fingerprint density at radius 1 is 1.26 bits per heavy atom. The maximum Gasteiger partial charge on any atom is 0.263 e. The molecule has 0 aliphatic carbocycles. The van der Waals surface area contributed by atoms with E-state index in [4.69, 9.17) is 10.5 Å². The van der Waals surface area contributed by atoms with E-state index in [-0.39, 0.29) is 11.8 Å². The molecular formula is C13H13BrN2O3. The molecule has 2 aliphatic rings. The van der Waals surface area contributed by atoms with Gasteiger partial charge in [-0.3, -0.25) is 9.59 Å². The third-order valence-corrected chi connectivity index (χ3v) is 4.22. The number of morpholine rings is 1. The normalized spacial score (nSPS) is 26.1. The number of carbonyl (C=O) groups excluding carboxylic acids is 2. The number of carbonyl (C=O) groups is 2. The Bertz CT molecular complexity index is 565. The molecule has 0 radical (unpaired) electrons. The van der Waals surface area contributed by atoms with Crippen LogP contribution in [0.15, 0.2) is 16.6 Å². The SMILES string of the molecule is Cc1cc(Br)c(N2C(=O)C3CCC(O3)C2=O)cc1N.